The van der Waals surface area contributed by atoms with Crippen LogP contribution in [0.15, 0.2) is 72.8 Å². The Morgan fingerprint density at radius 3 is 2.44 bits per heavy atom. The molecule has 0 aliphatic rings. The number of carbonyl (C=O) groups is 1. The molecule has 4 rings (SSSR count). The number of hydrogen-bond donors (Lipinski definition) is 1. The normalized spacial score (nSPS) is 10.7. The molecule has 0 atom stereocenters. The summed E-state index contributed by atoms with van der Waals surface area (Å²) in [7, 11) is 3.23. The number of para-hydroxylation sites is 1. The summed E-state index contributed by atoms with van der Waals surface area (Å²) in [5, 5.41) is 3.90. The van der Waals surface area contributed by atoms with Crippen molar-refractivity contribution in [1.82, 2.24) is 10.3 Å². The average molecular weight is 427 g/mol. The SMILES string of the molecule is COc1ccc(CCNC(=O)c2cc(-c3ccccc3C)nc3ccccc23)cc1OC. The Morgan fingerprint density at radius 2 is 1.66 bits per heavy atom. The van der Waals surface area contributed by atoms with Crippen molar-refractivity contribution in [3.63, 3.8) is 0 Å². The van der Waals surface area contributed by atoms with Gasteiger partial charge in [0.25, 0.3) is 5.91 Å². The number of methoxy groups -OCH3 is 2. The first-order chi connectivity index (χ1) is 15.6. The average Bonchev–Trinajstić information content (AvgIpc) is 2.83. The Kier molecular flexibility index (Phi) is 6.36. The second-order valence-corrected chi connectivity index (χ2v) is 7.58. The van der Waals surface area contributed by atoms with E-state index in [1.807, 2.05) is 66.7 Å². The van der Waals surface area contributed by atoms with Gasteiger partial charge >= 0.3 is 0 Å². The van der Waals surface area contributed by atoms with Gasteiger partial charge in [0.2, 0.25) is 0 Å². The fraction of sp³-hybridized carbons (Fsp3) is 0.185. The zero-order chi connectivity index (χ0) is 22.5. The molecule has 162 valence electrons. The molecule has 5 heteroatoms. The van der Waals surface area contributed by atoms with Gasteiger partial charge in [0.15, 0.2) is 11.5 Å². The van der Waals surface area contributed by atoms with Crippen LogP contribution in [-0.4, -0.2) is 31.7 Å². The monoisotopic (exact) mass is 426 g/mol. The van der Waals surface area contributed by atoms with Crippen molar-refractivity contribution in [2.45, 2.75) is 13.3 Å². The molecule has 1 amide bonds. The molecule has 1 aromatic heterocycles. The quantitative estimate of drug-likeness (QED) is 0.441. The van der Waals surface area contributed by atoms with Gasteiger partial charge in [0, 0.05) is 17.5 Å². The van der Waals surface area contributed by atoms with Gasteiger partial charge in [-0.3, -0.25) is 4.79 Å². The minimum Gasteiger partial charge on any atom is -0.493 e. The van der Waals surface area contributed by atoms with Crippen LogP contribution in [-0.2, 0) is 6.42 Å². The van der Waals surface area contributed by atoms with Crippen LogP contribution in [0.5, 0.6) is 11.5 Å². The minimum absolute atomic E-state index is 0.112. The molecule has 3 aromatic carbocycles. The van der Waals surface area contributed by atoms with Crippen molar-refractivity contribution >= 4 is 16.8 Å². The fourth-order valence-electron chi connectivity index (χ4n) is 3.81. The lowest BCUT2D eigenvalue weighted by Gasteiger charge is -2.12. The lowest BCUT2D eigenvalue weighted by molar-refractivity contribution is 0.0955. The zero-order valence-electron chi connectivity index (χ0n) is 18.5. The van der Waals surface area contributed by atoms with Gasteiger partial charge in [-0.1, -0.05) is 48.5 Å². The lowest BCUT2D eigenvalue weighted by atomic mass is 10.0. The molecule has 4 aromatic rings. The van der Waals surface area contributed by atoms with Crippen LogP contribution in [0.1, 0.15) is 21.5 Å². The van der Waals surface area contributed by atoms with E-state index in [4.69, 9.17) is 14.5 Å². The summed E-state index contributed by atoms with van der Waals surface area (Å²) in [5.74, 6) is 1.26. The molecule has 0 saturated carbocycles. The first-order valence-corrected chi connectivity index (χ1v) is 10.6. The predicted octanol–water partition coefficient (Wildman–Crippen LogP) is 5.20. The Hall–Kier alpha value is -3.86. The Labute approximate surface area is 188 Å². The first kappa shape index (κ1) is 21.4. The van der Waals surface area contributed by atoms with E-state index in [-0.39, 0.29) is 5.91 Å². The van der Waals surface area contributed by atoms with Gasteiger partial charge in [0.05, 0.1) is 31.0 Å². The highest BCUT2D eigenvalue weighted by Gasteiger charge is 2.14. The van der Waals surface area contributed by atoms with E-state index in [0.717, 1.165) is 33.3 Å². The molecule has 1 N–H and O–H groups in total. The maximum absolute atomic E-state index is 13.2. The topological polar surface area (TPSA) is 60.5 Å². The summed E-state index contributed by atoms with van der Waals surface area (Å²) < 4.78 is 10.7. The molecule has 1 heterocycles. The highest BCUT2D eigenvalue weighted by atomic mass is 16.5. The predicted molar refractivity (Wildman–Crippen MR) is 127 cm³/mol. The third kappa shape index (κ3) is 4.42. The number of hydrogen-bond acceptors (Lipinski definition) is 4. The number of aryl methyl sites for hydroxylation is 1. The molecule has 0 fully saturated rings. The molecule has 0 aliphatic carbocycles. The Bertz CT molecular complexity index is 1270. The molecule has 32 heavy (non-hydrogen) atoms. The molecule has 0 radical (unpaired) electrons. The van der Waals surface area contributed by atoms with E-state index < -0.39 is 0 Å². The molecule has 0 aliphatic heterocycles. The number of carbonyl (C=O) groups excluding carboxylic acids is 1. The van der Waals surface area contributed by atoms with Crippen molar-refractivity contribution in [3.8, 4) is 22.8 Å². The maximum Gasteiger partial charge on any atom is 0.252 e. The van der Waals surface area contributed by atoms with E-state index in [0.29, 0.717) is 30.0 Å². The van der Waals surface area contributed by atoms with Crippen molar-refractivity contribution in [3.05, 3.63) is 89.5 Å². The number of pyridine rings is 1. The molecule has 0 unspecified atom stereocenters. The molecular weight excluding hydrogens is 400 g/mol. The number of amides is 1. The largest absolute Gasteiger partial charge is 0.493 e. The number of fused-ring (bicyclic) bond motifs is 1. The summed E-state index contributed by atoms with van der Waals surface area (Å²) in [6.07, 6.45) is 0.680. The van der Waals surface area contributed by atoms with E-state index in [2.05, 4.69) is 18.3 Å². The second-order valence-electron chi connectivity index (χ2n) is 7.58. The highest BCUT2D eigenvalue weighted by molar-refractivity contribution is 6.07. The van der Waals surface area contributed by atoms with Crippen LogP contribution in [0.25, 0.3) is 22.2 Å². The van der Waals surface area contributed by atoms with Gasteiger partial charge in [-0.05, 0) is 48.7 Å². The van der Waals surface area contributed by atoms with Gasteiger partial charge in [-0.25, -0.2) is 4.98 Å². The van der Waals surface area contributed by atoms with Crippen LogP contribution in [0.3, 0.4) is 0 Å². The van der Waals surface area contributed by atoms with Crippen LogP contribution in [0.2, 0.25) is 0 Å². The summed E-state index contributed by atoms with van der Waals surface area (Å²) >= 11 is 0. The first-order valence-electron chi connectivity index (χ1n) is 10.6. The third-order valence-electron chi connectivity index (χ3n) is 5.53. The van der Waals surface area contributed by atoms with E-state index in [1.54, 1.807) is 14.2 Å². The number of benzene rings is 3. The van der Waals surface area contributed by atoms with Gasteiger partial charge in [0.1, 0.15) is 0 Å². The Morgan fingerprint density at radius 1 is 0.906 bits per heavy atom. The van der Waals surface area contributed by atoms with Crippen molar-refractivity contribution in [1.29, 1.82) is 0 Å². The van der Waals surface area contributed by atoms with Crippen LogP contribution in [0.4, 0.5) is 0 Å². The standard InChI is InChI=1S/C27H26N2O3/c1-18-8-4-5-9-20(18)24-17-22(21-10-6-7-11-23(21)29-24)27(30)28-15-14-19-12-13-25(31-2)26(16-19)32-3/h4-13,16-17H,14-15H2,1-3H3,(H,28,30). The van der Waals surface area contributed by atoms with Crippen molar-refractivity contribution in [2.75, 3.05) is 20.8 Å². The van der Waals surface area contributed by atoms with Crippen LogP contribution < -0.4 is 14.8 Å². The zero-order valence-corrected chi connectivity index (χ0v) is 18.5. The lowest BCUT2D eigenvalue weighted by Crippen LogP contribution is -2.26. The van der Waals surface area contributed by atoms with Gasteiger partial charge < -0.3 is 14.8 Å². The maximum atomic E-state index is 13.2. The van der Waals surface area contributed by atoms with Crippen molar-refractivity contribution < 1.29 is 14.3 Å². The Balaban J connectivity index is 1.57. The van der Waals surface area contributed by atoms with Crippen LogP contribution >= 0.6 is 0 Å². The van der Waals surface area contributed by atoms with E-state index in [9.17, 15) is 4.79 Å². The highest BCUT2D eigenvalue weighted by Crippen LogP contribution is 2.28. The van der Waals surface area contributed by atoms with Crippen molar-refractivity contribution in [2.24, 2.45) is 0 Å². The number of nitrogens with zero attached hydrogens (tertiary/aromatic N) is 1. The number of rotatable bonds is 7. The summed E-state index contributed by atoms with van der Waals surface area (Å²) in [5.41, 5.74) is 5.43. The smallest absolute Gasteiger partial charge is 0.252 e. The van der Waals surface area contributed by atoms with E-state index in [1.165, 1.54) is 0 Å². The molecule has 0 saturated heterocycles. The number of nitrogens with one attached hydrogen (secondary N) is 1. The molecule has 0 bridgehead atoms. The summed E-state index contributed by atoms with van der Waals surface area (Å²) in [4.78, 5) is 18.0. The molecular formula is C27H26N2O3. The fourth-order valence-corrected chi connectivity index (χ4v) is 3.81. The van der Waals surface area contributed by atoms with Crippen LogP contribution in [0, 0.1) is 6.92 Å². The van der Waals surface area contributed by atoms with Gasteiger partial charge in [-0.2, -0.15) is 0 Å². The summed E-state index contributed by atoms with van der Waals surface area (Å²) in [6.45, 7) is 2.56. The molecule has 0 spiro atoms. The summed E-state index contributed by atoms with van der Waals surface area (Å²) in [6, 6.07) is 23.5. The van der Waals surface area contributed by atoms with E-state index >= 15 is 0 Å². The third-order valence-corrected chi connectivity index (χ3v) is 5.53. The van der Waals surface area contributed by atoms with Gasteiger partial charge in [-0.15, -0.1) is 0 Å². The number of aromatic nitrogens is 1. The minimum atomic E-state index is -0.112. The number of ether oxygens (including phenoxy) is 2. The molecule has 5 nitrogen and oxygen atoms in total. The second kappa shape index (κ2) is 9.52.